The summed E-state index contributed by atoms with van der Waals surface area (Å²) >= 11 is 0. The van der Waals surface area contributed by atoms with Crippen molar-refractivity contribution in [1.29, 1.82) is 0 Å². The van der Waals surface area contributed by atoms with Crippen LogP contribution in [0.3, 0.4) is 0 Å². The number of hydrogen-bond donors (Lipinski definition) is 2. The Morgan fingerprint density at radius 1 is 1.25 bits per heavy atom. The van der Waals surface area contributed by atoms with Crippen molar-refractivity contribution in [3.8, 4) is 0 Å². The smallest absolute Gasteiger partial charge is 0.328 e. The number of rotatable bonds is 4. The third-order valence-corrected chi connectivity index (χ3v) is 2.37. The van der Waals surface area contributed by atoms with Crippen LogP contribution < -0.4 is 5.32 Å². The molecular formula is C14H11N3O3. The zero-order valence-electron chi connectivity index (χ0n) is 10.4. The van der Waals surface area contributed by atoms with Gasteiger partial charge in [-0.3, -0.25) is 9.78 Å². The number of carbonyl (C=O) groups excluding carboxylic acids is 1. The number of aromatic nitrogens is 2. The molecule has 2 rings (SSSR count). The molecule has 0 unspecified atom stereocenters. The molecule has 2 aromatic rings. The number of amides is 1. The Hall–Kier alpha value is -3.02. The second-order valence-corrected chi connectivity index (χ2v) is 3.84. The zero-order chi connectivity index (χ0) is 14.4. The first-order valence-corrected chi connectivity index (χ1v) is 5.73. The standard InChI is InChI=1S/C14H11N3O3/c18-13(19)4-3-10-5-7-16-12(8-10)17-14(20)11-2-1-6-15-9-11/h1-9H,(H,18,19)(H,16,17,20)/b4-3+. The van der Waals surface area contributed by atoms with Crippen LogP contribution in [0.5, 0.6) is 0 Å². The van der Waals surface area contributed by atoms with Crippen LogP contribution in [-0.2, 0) is 4.79 Å². The van der Waals surface area contributed by atoms with Gasteiger partial charge in [0.2, 0.25) is 0 Å². The van der Waals surface area contributed by atoms with Crippen molar-refractivity contribution in [3.05, 3.63) is 60.1 Å². The molecule has 0 aliphatic rings. The lowest BCUT2D eigenvalue weighted by atomic mass is 10.2. The van der Waals surface area contributed by atoms with E-state index in [-0.39, 0.29) is 5.91 Å². The number of nitrogens with one attached hydrogen (secondary N) is 1. The molecule has 0 aliphatic carbocycles. The van der Waals surface area contributed by atoms with Gasteiger partial charge in [0.15, 0.2) is 0 Å². The second kappa shape index (κ2) is 6.24. The molecule has 0 atom stereocenters. The van der Waals surface area contributed by atoms with Crippen LogP contribution in [0.2, 0.25) is 0 Å². The summed E-state index contributed by atoms with van der Waals surface area (Å²) < 4.78 is 0. The Bertz CT molecular complexity index is 654. The first-order chi connectivity index (χ1) is 9.65. The number of pyridine rings is 2. The molecule has 1 amide bonds. The van der Waals surface area contributed by atoms with E-state index >= 15 is 0 Å². The van der Waals surface area contributed by atoms with Crippen molar-refractivity contribution < 1.29 is 14.7 Å². The predicted octanol–water partition coefficient (Wildman–Crippen LogP) is 1.83. The average Bonchev–Trinajstić information content (AvgIpc) is 2.46. The minimum atomic E-state index is -1.04. The number of carboxylic acid groups (broad SMARTS) is 1. The average molecular weight is 269 g/mol. The van der Waals surface area contributed by atoms with E-state index in [1.54, 1.807) is 30.5 Å². The maximum atomic E-state index is 11.9. The summed E-state index contributed by atoms with van der Waals surface area (Å²) in [6.07, 6.45) is 6.95. The molecule has 2 N–H and O–H groups in total. The molecule has 0 aliphatic heterocycles. The molecule has 2 aromatic heterocycles. The maximum Gasteiger partial charge on any atom is 0.328 e. The highest BCUT2D eigenvalue weighted by molar-refractivity contribution is 6.03. The third-order valence-electron chi connectivity index (χ3n) is 2.37. The first kappa shape index (κ1) is 13.4. The summed E-state index contributed by atoms with van der Waals surface area (Å²) in [4.78, 5) is 30.2. The van der Waals surface area contributed by atoms with Crippen molar-refractivity contribution in [2.75, 3.05) is 5.32 Å². The van der Waals surface area contributed by atoms with Gasteiger partial charge in [-0.1, -0.05) is 0 Å². The Kier molecular flexibility index (Phi) is 4.18. The van der Waals surface area contributed by atoms with E-state index < -0.39 is 5.97 Å². The molecule has 0 fully saturated rings. The van der Waals surface area contributed by atoms with Crippen LogP contribution in [0.15, 0.2) is 48.9 Å². The summed E-state index contributed by atoms with van der Waals surface area (Å²) in [7, 11) is 0. The van der Waals surface area contributed by atoms with E-state index in [9.17, 15) is 9.59 Å². The van der Waals surface area contributed by atoms with E-state index in [1.807, 2.05) is 0 Å². The summed E-state index contributed by atoms with van der Waals surface area (Å²) in [5.41, 5.74) is 1.05. The Morgan fingerprint density at radius 2 is 2.10 bits per heavy atom. The molecule has 0 saturated heterocycles. The molecule has 20 heavy (non-hydrogen) atoms. The molecule has 0 aromatic carbocycles. The van der Waals surface area contributed by atoms with Gasteiger partial charge in [0.25, 0.3) is 5.91 Å². The van der Waals surface area contributed by atoms with E-state index in [0.717, 1.165) is 6.08 Å². The number of carboxylic acids is 1. The van der Waals surface area contributed by atoms with Gasteiger partial charge in [-0.15, -0.1) is 0 Å². The van der Waals surface area contributed by atoms with Crippen molar-refractivity contribution >= 4 is 23.8 Å². The van der Waals surface area contributed by atoms with Crippen LogP contribution in [0.25, 0.3) is 6.08 Å². The van der Waals surface area contributed by atoms with Crippen LogP contribution in [0.4, 0.5) is 5.82 Å². The van der Waals surface area contributed by atoms with Crippen LogP contribution in [-0.4, -0.2) is 27.0 Å². The quantitative estimate of drug-likeness (QED) is 0.826. The topological polar surface area (TPSA) is 92.2 Å². The highest BCUT2D eigenvalue weighted by Crippen LogP contribution is 2.10. The molecule has 0 spiro atoms. The number of hydrogen-bond acceptors (Lipinski definition) is 4. The monoisotopic (exact) mass is 269 g/mol. The predicted molar refractivity (Wildman–Crippen MR) is 73.1 cm³/mol. The zero-order valence-corrected chi connectivity index (χ0v) is 10.4. The molecular weight excluding hydrogens is 258 g/mol. The molecule has 0 saturated carbocycles. The van der Waals surface area contributed by atoms with Crippen molar-refractivity contribution in [1.82, 2.24) is 9.97 Å². The van der Waals surface area contributed by atoms with Gasteiger partial charge in [0, 0.05) is 24.7 Å². The molecule has 2 heterocycles. The lowest BCUT2D eigenvalue weighted by molar-refractivity contribution is -0.131. The molecule has 6 heteroatoms. The van der Waals surface area contributed by atoms with Crippen LogP contribution in [0.1, 0.15) is 15.9 Å². The summed E-state index contributed by atoms with van der Waals surface area (Å²) in [5.74, 6) is -1.03. The number of aliphatic carboxylic acids is 1. The summed E-state index contributed by atoms with van der Waals surface area (Å²) in [6.45, 7) is 0. The summed E-state index contributed by atoms with van der Waals surface area (Å²) in [5, 5.41) is 11.2. The van der Waals surface area contributed by atoms with Gasteiger partial charge >= 0.3 is 5.97 Å². The highest BCUT2D eigenvalue weighted by Gasteiger charge is 2.06. The molecule has 0 radical (unpaired) electrons. The molecule has 100 valence electrons. The highest BCUT2D eigenvalue weighted by atomic mass is 16.4. The maximum absolute atomic E-state index is 11.9. The van der Waals surface area contributed by atoms with Crippen molar-refractivity contribution in [2.45, 2.75) is 0 Å². The minimum absolute atomic E-state index is 0.329. The van der Waals surface area contributed by atoms with E-state index in [4.69, 9.17) is 5.11 Å². The van der Waals surface area contributed by atoms with E-state index in [0.29, 0.717) is 16.9 Å². The fourth-order valence-electron chi connectivity index (χ4n) is 1.47. The van der Waals surface area contributed by atoms with Crippen LogP contribution in [0, 0.1) is 0 Å². The largest absolute Gasteiger partial charge is 0.478 e. The van der Waals surface area contributed by atoms with Gasteiger partial charge < -0.3 is 10.4 Å². The van der Waals surface area contributed by atoms with Gasteiger partial charge in [0.1, 0.15) is 5.82 Å². The van der Waals surface area contributed by atoms with E-state index in [2.05, 4.69) is 15.3 Å². The minimum Gasteiger partial charge on any atom is -0.478 e. The van der Waals surface area contributed by atoms with Crippen LogP contribution >= 0.6 is 0 Å². The summed E-state index contributed by atoms with van der Waals surface area (Å²) in [6, 6.07) is 6.51. The van der Waals surface area contributed by atoms with Gasteiger partial charge in [0.05, 0.1) is 5.56 Å². The molecule has 0 bridgehead atoms. The SMILES string of the molecule is O=C(O)/C=C/c1ccnc(NC(=O)c2cccnc2)c1. The lowest BCUT2D eigenvalue weighted by Gasteiger charge is -2.04. The Morgan fingerprint density at radius 3 is 2.80 bits per heavy atom. The fourth-order valence-corrected chi connectivity index (χ4v) is 1.47. The number of nitrogens with zero attached hydrogens (tertiary/aromatic N) is 2. The number of carbonyl (C=O) groups is 2. The normalized spacial score (nSPS) is 10.4. The van der Waals surface area contributed by atoms with Gasteiger partial charge in [-0.05, 0) is 35.9 Å². The third kappa shape index (κ3) is 3.74. The Balaban J connectivity index is 2.12. The fraction of sp³-hybridized carbons (Fsp3) is 0. The molecule has 6 nitrogen and oxygen atoms in total. The first-order valence-electron chi connectivity index (χ1n) is 5.73. The van der Waals surface area contributed by atoms with Gasteiger partial charge in [-0.25, -0.2) is 9.78 Å². The second-order valence-electron chi connectivity index (χ2n) is 3.84. The lowest BCUT2D eigenvalue weighted by Crippen LogP contribution is -2.13. The Labute approximate surface area is 114 Å². The number of anilines is 1. The van der Waals surface area contributed by atoms with Crippen molar-refractivity contribution in [3.63, 3.8) is 0 Å². The van der Waals surface area contributed by atoms with Gasteiger partial charge in [-0.2, -0.15) is 0 Å². The van der Waals surface area contributed by atoms with Crippen molar-refractivity contribution in [2.24, 2.45) is 0 Å². The van der Waals surface area contributed by atoms with E-state index in [1.165, 1.54) is 18.5 Å².